The zero-order valence-corrected chi connectivity index (χ0v) is 9.14. The highest BCUT2D eigenvalue weighted by molar-refractivity contribution is 7.89. The number of nitrogens with two attached hydrogens (primary N) is 1. The first kappa shape index (κ1) is 11.9. The predicted octanol–water partition coefficient (Wildman–Crippen LogP) is 1.10. The van der Waals surface area contributed by atoms with Crippen molar-refractivity contribution in [1.82, 2.24) is 4.72 Å². The summed E-state index contributed by atoms with van der Waals surface area (Å²) in [4.78, 5) is -0.0187. The molecule has 0 aliphatic rings. The largest absolute Gasteiger partial charge is 0.396 e. The molecular weight excluding hydrogens is 219 g/mol. The number of hydrogen-bond acceptors (Lipinski definition) is 3. The Labute approximate surface area is 88.3 Å². The van der Waals surface area contributed by atoms with Gasteiger partial charge in [0.25, 0.3) is 0 Å². The molecule has 84 valence electrons. The van der Waals surface area contributed by atoms with Crippen LogP contribution in [0.5, 0.6) is 0 Å². The molecule has 4 nitrogen and oxygen atoms in total. The molecule has 0 aliphatic heterocycles. The van der Waals surface area contributed by atoms with E-state index in [1.54, 1.807) is 0 Å². The van der Waals surface area contributed by atoms with Crippen LogP contribution >= 0.6 is 0 Å². The van der Waals surface area contributed by atoms with E-state index in [4.69, 9.17) is 5.73 Å². The summed E-state index contributed by atoms with van der Waals surface area (Å²) in [6.07, 6.45) is 0.690. The van der Waals surface area contributed by atoms with E-state index in [-0.39, 0.29) is 10.6 Å². The summed E-state index contributed by atoms with van der Waals surface area (Å²) < 4.78 is 38.3. The lowest BCUT2D eigenvalue weighted by Gasteiger charge is -2.06. The normalized spacial score (nSPS) is 11.6. The first-order valence-electron chi connectivity index (χ1n) is 4.52. The van der Waals surface area contributed by atoms with Crippen LogP contribution in [0.2, 0.25) is 0 Å². The zero-order chi connectivity index (χ0) is 11.5. The number of sulfonamides is 1. The van der Waals surface area contributed by atoms with Crippen molar-refractivity contribution in [2.75, 3.05) is 12.3 Å². The van der Waals surface area contributed by atoms with Crippen LogP contribution in [0.1, 0.15) is 13.3 Å². The number of nitrogen functional groups attached to an aromatic ring is 1. The van der Waals surface area contributed by atoms with Gasteiger partial charge in [0.05, 0.1) is 10.6 Å². The molecule has 0 heterocycles. The zero-order valence-electron chi connectivity index (χ0n) is 8.33. The van der Waals surface area contributed by atoms with Gasteiger partial charge in [0, 0.05) is 6.54 Å². The van der Waals surface area contributed by atoms with Crippen molar-refractivity contribution in [3.8, 4) is 0 Å². The van der Waals surface area contributed by atoms with Crippen molar-refractivity contribution >= 4 is 15.7 Å². The Morgan fingerprint density at radius 3 is 2.67 bits per heavy atom. The fourth-order valence-electron chi connectivity index (χ4n) is 1.01. The minimum absolute atomic E-state index is 0.0187. The molecule has 0 saturated carbocycles. The number of anilines is 1. The molecule has 0 radical (unpaired) electrons. The second-order valence-corrected chi connectivity index (χ2v) is 4.85. The van der Waals surface area contributed by atoms with Gasteiger partial charge in [0.2, 0.25) is 10.0 Å². The number of benzene rings is 1. The Morgan fingerprint density at radius 2 is 2.13 bits per heavy atom. The third-order valence-corrected chi connectivity index (χ3v) is 3.28. The molecule has 0 fully saturated rings. The summed E-state index contributed by atoms with van der Waals surface area (Å²) in [5, 5.41) is 0. The molecule has 1 rings (SSSR count). The summed E-state index contributed by atoms with van der Waals surface area (Å²) in [5.41, 5.74) is 5.11. The van der Waals surface area contributed by atoms with Crippen LogP contribution in [0.3, 0.4) is 0 Å². The molecule has 0 aliphatic carbocycles. The average molecular weight is 232 g/mol. The summed E-state index contributed by atoms with van der Waals surface area (Å²) in [5.74, 6) is -0.621. The van der Waals surface area contributed by atoms with Crippen molar-refractivity contribution < 1.29 is 12.8 Å². The second kappa shape index (κ2) is 4.59. The number of halogens is 1. The summed E-state index contributed by atoms with van der Waals surface area (Å²) in [7, 11) is -3.56. The smallest absolute Gasteiger partial charge is 0.240 e. The Kier molecular flexibility index (Phi) is 3.65. The Morgan fingerprint density at radius 1 is 1.47 bits per heavy atom. The van der Waals surface area contributed by atoms with Crippen LogP contribution in [0.15, 0.2) is 23.1 Å². The quantitative estimate of drug-likeness (QED) is 0.763. The van der Waals surface area contributed by atoms with Gasteiger partial charge >= 0.3 is 0 Å². The molecule has 6 heteroatoms. The maximum Gasteiger partial charge on any atom is 0.240 e. The first-order chi connectivity index (χ1) is 6.97. The third kappa shape index (κ3) is 2.90. The monoisotopic (exact) mass is 232 g/mol. The van der Waals surface area contributed by atoms with Crippen LogP contribution in [0.25, 0.3) is 0 Å². The lowest BCUT2D eigenvalue weighted by Crippen LogP contribution is -2.24. The topological polar surface area (TPSA) is 72.2 Å². The third-order valence-electron chi connectivity index (χ3n) is 1.82. The van der Waals surface area contributed by atoms with Crippen LogP contribution in [-0.4, -0.2) is 15.0 Å². The van der Waals surface area contributed by atoms with E-state index in [1.165, 1.54) is 6.07 Å². The highest BCUT2D eigenvalue weighted by Gasteiger charge is 2.14. The maximum atomic E-state index is 12.8. The van der Waals surface area contributed by atoms with Gasteiger partial charge < -0.3 is 5.73 Å². The van der Waals surface area contributed by atoms with Crippen molar-refractivity contribution in [3.05, 3.63) is 24.0 Å². The van der Waals surface area contributed by atoms with Crippen molar-refractivity contribution in [3.63, 3.8) is 0 Å². The molecule has 0 amide bonds. The SMILES string of the molecule is CCCNS(=O)(=O)c1ccc(F)c(N)c1. The fraction of sp³-hybridized carbons (Fsp3) is 0.333. The minimum atomic E-state index is -3.56. The van der Waals surface area contributed by atoms with Crippen molar-refractivity contribution in [2.45, 2.75) is 18.2 Å². The summed E-state index contributed by atoms with van der Waals surface area (Å²) in [6, 6.07) is 3.33. The molecule has 3 N–H and O–H groups in total. The standard InChI is InChI=1S/C9H13FN2O2S/c1-2-5-12-15(13,14)7-3-4-8(10)9(11)6-7/h3-4,6,12H,2,5,11H2,1H3. The van der Waals surface area contributed by atoms with Gasteiger partial charge in [-0.15, -0.1) is 0 Å². The van der Waals surface area contributed by atoms with Crippen molar-refractivity contribution in [2.24, 2.45) is 0 Å². The lowest BCUT2D eigenvalue weighted by molar-refractivity contribution is 0.580. The molecule has 0 bridgehead atoms. The van der Waals surface area contributed by atoms with Crippen LogP contribution < -0.4 is 10.5 Å². The highest BCUT2D eigenvalue weighted by atomic mass is 32.2. The summed E-state index contributed by atoms with van der Waals surface area (Å²) >= 11 is 0. The molecule has 0 atom stereocenters. The van der Waals surface area contributed by atoms with Gasteiger partial charge in [-0.2, -0.15) is 0 Å². The second-order valence-electron chi connectivity index (χ2n) is 3.08. The average Bonchev–Trinajstić information content (AvgIpc) is 2.19. The van der Waals surface area contributed by atoms with E-state index in [1.807, 2.05) is 6.92 Å². The first-order valence-corrected chi connectivity index (χ1v) is 6.00. The lowest BCUT2D eigenvalue weighted by atomic mass is 10.3. The van der Waals surface area contributed by atoms with Crippen LogP contribution in [-0.2, 0) is 10.0 Å². The van der Waals surface area contributed by atoms with Gasteiger partial charge in [0.1, 0.15) is 5.82 Å². The van der Waals surface area contributed by atoms with Crippen LogP contribution in [0.4, 0.5) is 10.1 Å². The Balaban J connectivity index is 3.00. The highest BCUT2D eigenvalue weighted by Crippen LogP contribution is 2.16. The number of nitrogens with one attached hydrogen (secondary N) is 1. The van der Waals surface area contributed by atoms with E-state index >= 15 is 0 Å². The molecule has 0 unspecified atom stereocenters. The van der Waals surface area contributed by atoms with Gasteiger partial charge in [-0.3, -0.25) is 0 Å². The molecule has 0 saturated heterocycles. The predicted molar refractivity (Wildman–Crippen MR) is 56.3 cm³/mol. The van der Waals surface area contributed by atoms with E-state index < -0.39 is 15.8 Å². The van der Waals surface area contributed by atoms with E-state index in [0.29, 0.717) is 13.0 Å². The number of hydrogen-bond donors (Lipinski definition) is 2. The molecule has 15 heavy (non-hydrogen) atoms. The van der Waals surface area contributed by atoms with Gasteiger partial charge in [-0.05, 0) is 24.6 Å². The van der Waals surface area contributed by atoms with E-state index in [9.17, 15) is 12.8 Å². The van der Waals surface area contributed by atoms with Gasteiger partial charge in [-0.25, -0.2) is 17.5 Å². The molecular formula is C9H13FN2O2S. The molecule has 1 aromatic carbocycles. The molecule has 0 spiro atoms. The van der Waals surface area contributed by atoms with E-state index in [0.717, 1.165) is 12.1 Å². The van der Waals surface area contributed by atoms with Crippen molar-refractivity contribution in [1.29, 1.82) is 0 Å². The van der Waals surface area contributed by atoms with Gasteiger partial charge in [0.15, 0.2) is 0 Å². The Hall–Kier alpha value is -1.14. The number of rotatable bonds is 4. The molecule has 1 aromatic rings. The van der Waals surface area contributed by atoms with Gasteiger partial charge in [-0.1, -0.05) is 6.92 Å². The fourth-order valence-corrected chi connectivity index (χ4v) is 2.18. The maximum absolute atomic E-state index is 12.8. The molecule has 0 aromatic heterocycles. The van der Waals surface area contributed by atoms with Crippen LogP contribution in [0, 0.1) is 5.82 Å². The Bertz CT molecular complexity index is 445. The summed E-state index contributed by atoms with van der Waals surface area (Å²) in [6.45, 7) is 2.20. The van der Waals surface area contributed by atoms with E-state index in [2.05, 4.69) is 4.72 Å². The minimum Gasteiger partial charge on any atom is -0.396 e.